The van der Waals surface area contributed by atoms with E-state index < -0.39 is 0 Å². The predicted molar refractivity (Wildman–Crippen MR) is 63.2 cm³/mol. The van der Waals surface area contributed by atoms with Crippen LogP contribution in [0.5, 0.6) is 0 Å². The van der Waals surface area contributed by atoms with E-state index in [4.69, 9.17) is 0 Å². The molecule has 0 amide bonds. The summed E-state index contributed by atoms with van der Waals surface area (Å²) in [4.78, 5) is 4.66. The van der Waals surface area contributed by atoms with Crippen LogP contribution in [-0.2, 0) is 6.42 Å². The van der Waals surface area contributed by atoms with Gasteiger partial charge >= 0.3 is 0 Å². The van der Waals surface area contributed by atoms with Crippen molar-refractivity contribution in [1.82, 2.24) is 4.98 Å². The van der Waals surface area contributed by atoms with Gasteiger partial charge in [-0.2, -0.15) is 0 Å². The van der Waals surface area contributed by atoms with Crippen molar-refractivity contribution in [1.29, 1.82) is 0 Å². The van der Waals surface area contributed by atoms with E-state index in [9.17, 15) is 0 Å². The number of hydrogen-bond donors (Lipinski definition) is 0. The zero-order chi connectivity index (χ0) is 9.26. The molecule has 0 N–H and O–H groups in total. The molecule has 0 spiro atoms. The second-order valence-corrected chi connectivity index (χ2v) is 5.47. The maximum atomic E-state index is 4.66. The van der Waals surface area contributed by atoms with Gasteiger partial charge in [0.25, 0.3) is 0 Å². The second kappa shape index (κ2) is 3.60. The number of aromatic nitrogens is 1. The fourth-order valence-corrected chi connectivity index (χ4v) is 3.35. The lowest BCUT2D eigenvalue weighted by Crippen LogP contribution is -2.02. The fourth-order valence-electron chi connectivity index (χ4n) is 1.45. The Bertz CT molecular complexity index is 422. The molecule has 0 saturated carbocycles. The van der Waals surface area contributed by atoms with Gasteiger partial charge in [-0.15, -0.1) is 11.3 Å². The molecular weight excluding hydrogens is 194 g/mol. The molecule has 2 aromatic rings. The first-order valence-corrected chi connectivity index (χ1v) is 6.48. The summed E-state index contributed by atoms with van der Waals surface area (Å²) >= 11 is 1.85. The Labute approximate surface area is 85.2 Å². The van der Waals surface area contributed by atoms with Crippen LogP contribution in [0.15, 0.2) is 18.2 Å². The zero-order valence-corrected chi connectivity index (χ0v) is 10.8. The van der Waals surface area contributed by atoms with E-state index in [0.29, 0.717) is 0 Å². The monoisotopic (exact) mass is 207 g/mol. The Morgan fingerprint density at radius 2 is 2.31 bits per heavy atom. The summed E-state index contributed by atoms with van der Waals surface area (Å²) in [6, 6.07) is 6.50. The predicted octanol–water partition coefficient (Wildman–Crippen LogP) is 1.24. The van der Waals surface area contributed by atoms with Crippen LogP contribution in [0.4, 0.5) is 0 Å². The summed E-state index contributed by atoms with van der Waals surface area (Å²) in [5.41, 5.74) is 1.25. The highest BCUT2D eigenvalue weighted by atomic mass is 32.1. The minimum absolute atomic E-state index is 1.10. The molecule has 0 unspecified atom stereocenters. The van der Waals surface area contributed by atoms with Crippen molar-refractivity contribution in [3.63, 3.8) is 0 Å². The smallest absolute Gasteiger partial charge is 0.0938 e. The molecule has 0 fully saturated rings. The lowest BCUT2D eigenvalue weighted by molar-refractivity contribution is 0.913. The van der Waals surface area contributed by atoms with Crippen LogP contribution in [0.3, 0.4) is 0 Å². The summed E-state index contributed by atoms with van der Waals surface area (Å²) in [6.45, 7) is 2.20. The highest BCUT2D eigenvalue weighted by molar-refractivity contribution is 7.18. The number of hydrogen-bond acceptors (Lipinski definition) is 2. The van der Waals surface area contributed by atoms with Crippen LogP contribution in [0.2, 0.25) is 0 Å². The molecular formula is C10H13NSSi. The molecule has 1 nitrogen and oxygen atoms in total. The first kappa shape index (κ1) is 8.90. The quantitative estimate of drug-likeness (QED) is 0.675. The summed E-state index contributed by atoms with van der Waals surface area (Å²) < 4.78 is 1.36. The van der Waals surface area contributed by atoms with Crippen LogP contribution in [0, 0.1) is 0 Å². The minimum Gasteiger partial charge on any atom is -0.241 e. The summed E-state index contributed by atoms with van der Waals surface area (Å²) in [5, 5.41) is 2.72. The molecule has 0 bridgehead atoms. The number of thiazole rings is 1. The minimum atomic E-state index is 1.10. The van der Waals surface area contributed by atoms with Crippen LogP contribution >= 0.6 is 11.3 Å². The topological polar surface area (TPSA) is 12.9 Å². The van der Waals surface area contributed by atoms with E-state index in [0.717, 1.165) is 16.7 Å². The average molecular weight is 207 g/mol. The van der Waals surface area contributed by atoms with Gasteiger partial charge in [-0.05, 0) is 24.1 Å². The standard InChI is InChI=1S/C10H13NSSi/c1-2-4-9-11-10-7(12-9)5-3-6-8(10)13/h3,5-6H,2,4H2,1,13H3. The number of fused-ring (bicyclic) bond motifs is 1. The number of benzene rings is 1. The van der Waals surface area contributed by atoms with Crippen molar-refractivity contribution < 1.29 is 0 Å². The molecule has 0 saturated heterocycles. The van der Waals surface area contributed by atoms with Crippen LogP contribution in [0.1, 0.15) is 18.4 Å². The van der Waals surface area contributed by atoms with Gasteiger partial charge in [-0.3, -0.25) is 0 Å². The molecule has 2 rings (SSSR count). The van der Waals surface area contributed by atoms with E-state index in [1.165, 1.54) is 26.8 Å². The Kier molecular flexibility index (Phi) is 2.46. The van der Waals surface area contributed by atoms with E-state index in [1.807, 2.05) is 11.3 Å². The average Bonchev–Trinajstić information content (AvgIpc) is 2.49. The number of nitrogens with zero attached hydrogens (tertiary/aromatic N) is 1. The lowest BCUT2D eigenvalue weighted by Gasteiger charge is -1.90. The van der Waals surface area contributed by atoms with Crippen molar-refractivity contribution in [3.8, 4) is 0 Å². The SMILES string of the molecule is CCCc1nc2c([SiH3])cccc2s1. The largest absolute Gasteiger partial charge is 0.241 e. The van der Waals surface area contributed by atoms with Gasteiger partial charge in [0.2, 0.25) is 0 Å². The Hall–Kier alpha value is -0.673. The van der Waals surface area contributed by atoms with Crippen molar-refractivity contribution in [2.24, 2.45) is 0 Å². The normalized spacial score (nSPS) is 11.2. The molecule has 1 heterocycles. The molecule has 0 aliphatic carbocycles. The molecule has 0 radical (unpaired) electrons. The first-order chi connectivity index (χ1) is 6.31. The third-order valence-corrected chi connectivity index (χ3v) is 4.02. The Balaban J connectivity index is 2.55. The number of rotatable bonds is 2. The molecule has 1 aromatic carbocycles. The third kappa shape index (κ3) is 1.66. The van der Waals surface area contributed by atoms with E-state index >= 15 is 0 Å². The van der Waals surface area contributed by atoms with Gasteiger partial charge in [0.15, 0.2) is 0 Å². The Morgan fingerprint density at radius 1 is 1.46 bits per heavy atom. The summed E-state index contributed by atoms with van der Waals surface area (Å²) in [7, 11) is 1.10. The van der Waals surface area contributed by atoms with Gasteiger partial charge in [-0.1, -0.05) is 19.1 Å². The van der Waals surface area contributed by atoms with E-state index in [1.54, 1.807) is 0 Å². The van der Waals surface area contributed by atoms with Crippen LogP contribution in [0.25, 0.3) is 10.2 Å². The molecule has 0 aliphatic rings. The van der Waals surface area contributed by atoms with Gasteiger partial charge in [0.1, 0.15) is 0 Å². The highest BCUT2D eigenvalue weighted by Gasteiger charge is 2.03. The van der Waals surface area contributed by atoms with Gasteiger partial charge in [0.05, 0.1) is 15.2 Å². The molecule has 68 valence electrons. The van der Waals surface area contributed by atoms with Crippen LogP contribution < -0.4 is 5.19 Å². The van der Waals surface area contributed by atoms with E-state index in [2.05, 4.69) is 30.1 Å². The number of aryl methyl sites for hydroxylation is 1. The summed E-state index contributed by atoms with van der Waals surface area (Å²) in [5.74, 6) is 0. The molecule has 0 atom stereocenters. The molecule has 0 aliphatic heterocycles. The zero-order valence-electron chi connectivity index (χ0n) is 8.00. The molecule has 13 heavy (non-hydrogen) atoms. The van der Waals surface area contributed by atoms with Crippen molar-refractivity contribution in [2.45, 2.75) is 19.8 Å². The van der Waals surface area contributed by atoms with Crippen molar-refractivity contribution in [3.05, 3.63) is 23.2 Å². The molecule has 1 aromatic heterocycles. The van der Waals surface area contributed by atoms with Gasteiger partial charge in [0, 0.05) is 10.2 Å². The number of para-hydroxylation sites is 1. The van der Waals surface area contributed by atoms with E-state index in [-0.39, 0.29) is 0 Å². The summed E-state index contributed by atoms with van der Waals surface area (Å²) in [6.07, 6.45) is 2.32. The first-order valence-electron chi connectivity index (χ1n) is 4.66. The van der Waals surface area contributed by atoms with Crippen molar-refractivity contribution >= 4 is 37.0 Å². The van der Waals surface area contributed by atoms with Gasteiger partial charge in [-0.25, -0.2) is 4.98 Å². The maximum Gasteiger partial charge on any atom is 0.0938 e. The lowest BCUT2D eigenvalue weighted by atomic mass is 10.3. The second-order valence-electron chi connectivity index (χ2n) is 3.28. The van der Waals surface area contributed by atoms with Crippen molar-refractivity contribution in [2.75, 3.05) is 0 Å². The highest BCUT2D eigenvalue weighted by Crippen LogP contribution is 2.20. The third-order valence-electron chi connectivity index (χ3n) is 2.13. The molecule has 3 heteroatoms. The van der Waals surface area contributed by atoms with Crippen LogP contribution in [-0.4, -0.2) is 15.2 Å². The maximum absolute atomic E-state index is 4.66. The van der Waals surface area contributed by atoms with Gasteiger partial charge < -0.3 is 0 Å². The Morgan fingerprint density at radius 3 is 3.00 bits per heavy atom. The fraction of sp³-hybridized carbons (Fsp3) is 0.300.